The lowest BCUT2D eigenvalue weighted by Gasteiger charge is -2.07. The molecule has 0 aliphatic heterocycles. The number of esters is 2. The van der Waals surface area contributed by atoms with Crippen molar-refractivity contribution in [2.24, 2.45) is 0 Å². The second kappa shape index (κ2) is 11.0. The maximum atomic E-state index is 12.2. The first-order valence-corrected chi connectivity index (χ1v) is 9.38. The minimum Gasteiger partial charge on any atom is -0.423 e. The number of rotatable bonds is 10. The van der Waals surface area contributed by atoms with Crippen LogP contribution in [0, 0.1) is 0 Å². The summed E-state index contributed by atoms with van der Waals surface area (Å²) >= 11 is 0. The van der Waals surface area contributed by atoms with Gasteiger partial charge in [-0.3, -0.25) is 0 Å². The Hall–Kier alpha value is -2.88. The molecule has 0 radical (unpaired) electrons. The maximum absolute atomic E-state index is 12.2. The van der Waals surface area contributed by atoms with Crippen molar-refractivity contribution < 1.29 is 19.1 Å². The van der Waals surface area contributed by atoms with E-state index in [1.165, 1.54) is 37.7 Å². The predicted molar refractivity (Wildman–Crippen MR) is 106 cm³/mol. The van der Waals surface area contributed by atoms with Crippen molar-refractivity contribution in [3.8, 4) is 11.5 Å². The van der Waals surface area contributed by atoms with Crippen LogP contribution in [0.25, 0.3) is 0 Å². The second-order valence-electron chi connectivity index (χ2n) is 6.35. The lowest BCUT2D eigenvalue weighted by molar-refractivity contribution is -0.128. The Morgan fingerprint density at radius 1 is 0.852 bits per heavy atom. The van der Waals surface area contributed by atoms with Crippen LogP contribution >= 0.6 is 0 Å². The van der Waals surface area contributed by atoms with E-state index in [2.05, 4.69) is 13.5 Å². The molecule has 0 bridgehead atoms. The first-order chi connectivity index (χ1) is 13.1. The van der Waals surface area contributed by atoms with Crippen molar-refractivity contribution in [1.82, 2.24) is 0 Å². The van der Waals surface area contributed by atoms with Gasteiger partial charge in [-0.2, -0.15) is 0 Å². The third kappa shape index (κ3) is 7.10. The van der Waals surface area contributed by atoms with Gasteiger partial charge in [-0.25, -0.2) is 9.59 Å². The van der Waals surface area contributed by atoms with E-state index in [9.17, 15) is 9.59 Å². The minimum absolute atomic E-state index is 0.347. The van der Waals surface area contributed by atoms with Gasteiger partial charge in [0.2, 0.25) is 0 Å². The molecule has 2 rings (SSSR count). The third-order valence-electron chi connectivity index (χ3n) is 4.18. The van der Waals surface area contributed by atoms with Crippen molar-refractivity contribution >= 4 is 11.9 Å². The Balaban J connectivity index is 1.84. The van der Waals surface area contributed by atoms with Crippen LogP contribution in [-0.4, -0.2) is 11.9 Å². The summed E-state index contributed by atoms with van der Waals surface area (Å²) < 4.78 is 10.4. The predicted octanol–water partition coefficient (Wildman–Crippen LogP) is 5.51. The molecule has 142 valence electrons. The number of carbonyl (C=O) groups is 2. The van der Waals surface area contributed by atoms with Crippen LogP contribution in [0.15, 0.2) is 61.2 Å². The summed E-state index contributed by atoms with van der Waals surface area (Å²) in [4.78, 5) is 23.4. The molecule has 4 nitrogen and oxygen atoms in total. The summed E-state index contributed by atoms with van der Waals surface area (Å²) in [6, 6.07) is 13.8. The molecule has 27 heavy (non-hydrogen) atoms. The molecule has 0 fully saturated rings. The average Bonchev–Trinajstić information content (AvgIpc) is 2.69. The molecular formula is C23H26O4. The zero-order chi connectivity index (χ0) is 19.5. The van der Waals surface area contributed by atoms with Crippen molar-refractivity contribution in [3.05, 3.63) is 72.3 Å². The number of ether oxygens (including phenoxy) is 2. The fourth-order valence-corrected chi connectivity index (χ4v) is 2.64. The fraction of sp³-hybridized carbons (Fsp3) is 0.304. The lowest BCUT2D eigenvalue weighted by Crippen LogP contribution is -2.09. The largest absolute Gasteiger partial charge is 0.423 e. The topological polar surface area (TPSA) is 52.6 Å². The first kappa shape index (κ1) is 20.4. The molecule has 0 aliphatic rings. The molecule has 0 spiro atoms. The first-order valence-electron chi connectivity index (χ1n) is 9.38. The van der Waals surface area contributed by atoms with Gasteiger partial charge in [0.1, 0.15) is 11.5 Å². The van der Waals surface area contributed by atoms with Crippen LogP contribution in [0.4, 0.5) is 0 Å². The molecule has 0 heterocycles. The number of hydrogen-bond donors (Lipinski definition) is 0. The Morgan fingerprint density at radius 2 is 1.44 bits per heavy atom. The van der Waals surface area contributed by atoms with Crippen LogP contribution in [-0.2, 0) is 11.2 Å². The van der Waals surface area contributed by atoms with Crippen LogP contribution < -0.4 is 9.47 Å². The molecular weight excluding hydrogens is 340 g/mol. The molecule has 2 aromatic carbocycles. The molecule has 0 aromatic heterocycles. The van der Waals surface area contributed by atoms with Gasteiger partial charge in [-0.05, 0) is 54.8 Å². The van der Waals surface area contributed by atoms with E-state index in [1.54, 1.807) is 24.3 Å². The smallest absolute Gasteiger partial charge is 0.343 e. The van der Waals surface area contributed by atoms with Crippen molar-refractivity contribution in [3.63, 3.8) is 0 Å². The van der Waals surface area contributed by atoms with Crippen LogP contribution in [0.2, 0.25) is 0 Å². The molecule has 2 aromatic rings. The normalized spacial score (nSPS) is 10.3. The Kier molecular flexibility index (Phi) is 8.30. The van der Waals surface area contributed by atoms with Gasteiger partial charge in [0.25, 0.3) is 0 Å². The van der Waals surface area contributed by atoms with E-state index >= 15 is 0 Å². The molecule has 0 amide bonds. The van der Waals surface area contributed by atoms with E-state index in [1.807, 2.05) is 24.3 Å². The van der Waals surface area contributed by atoms with Gasteiger partial charge in [0.05, 0.1) is 5.56 Å². The molecule has 0 N–H and O–H groups in total. The van der Waals surface area contributed by atoms with Gasteiger partial charge in [0, 0.05) is 6.08 Å². The van der Waals surface area contributed by atoms with Crippen LogP contribution in [0.1, 0.15) is 54.9 Å². The SMILES string of the molecule is C=CC(=O)Oc1ccc(C(=O)Oc2ccc(CCCCCCC)cc2)cc1. The highest BCUT2D eigenvalue weighted by Crippen LogP contribution is 2.18. The summed E-state index contributed by atoms with van der Waals surface area (Å²) in [6.45, 7) is 5.55. The maximum Gasteiger partial charge on any atom is 0.343 e. The Morgan fingerprint density at radius 3 is 2.07 bits per heavy atom. The highest BCUT2D eigenvalue weighted by Gasteiger charge is 2.09. The van der Waals surface area contributed by atoms with E-state index in [4.69, 9.17) is 9.47 Å². The van der Waals surface area contributed by atoms with Gasteiger partial charge < -0.3 is 9.47 Å². The standard InChI is InChI=1S/C23H26O4/c1-3-5-6-7-8-9-18-10-14-21(15-11-18)27-23(25)19-12-16-20(17-13-19)26-22(24)4-2/h4,10-17H,2-3,5-9H2,1H3. The van der Waals surface area contributed by atoms with E-state index in [0.29, 0.717) is 17.1 Å². The molecule has 0 aliphatic carbocycles. The summed E-state index contributed by atoms with van der Waals surface area (Å²) in [6.07, 6.45) is 8.40. The summed E-state index contributed by atoms with van der Waals surface area (Å²) in [7, 11) is 0. The van der Waals surface area contributed by atoms with E-state index in [0.717, 1.165) is 12.5 Å². The lowest BCUT2D eigenvalue weighted by atomic mass is 10.1. The zero-order valence-electron chi connectivity index (χ0n) is 15.8. The number of benzene rings is 2. The van der Waals surface area contributed by atoms with Crippen LogP contribution in [0.5, 0.6) is 11.5 Å². The number of hydrogen-bond acceptors (Lipinski definition) is 4. The average molecular weight is 366 g/mol. The summed E-state index contributed by atoms with van der Waals surface area (Å²) in [5, 5.41) is 0. The third-order valence-corrected chi connectivity index (χ3v) is 4.18. The molecule has 0 atom stereocenters. The van der Waals surface area contributed by atoms with Gasteiger partial charge >= 0.3 is 11.9 Å². The quantitative estimate of drug-likeness (QED) is 0.241. The molecule has 4 heteroatoms. The van der Waals surface area contributed by atoms with E-state index in [-0.39, 0.29) is 0 Å². The summed E-state index contributed by atoms with van der Waals surface area (Å²) in [5.41, 5.74) is 1.63. The Labute approximate surface area is 160 Å². The molecule has 0 saturated heterocycles. The van der Waals surface area contributed by atoms with E-state index < -0.39 is 11.9 Å². The Bertz CT molecular complexity index is 745. The fourth-order valence-electron chi connectivity index (χ4n) is 2.64. The van der Waals surface area contributed by atoms with Crippen molar-refractivity contribution in [2.45, 2.75) is 45.4 Å². The van der Waals surface area contributed by atoms with Gasteiger partial charge in [-0.1, -0.05) is 51.3 Å². The van der Waals surface area contributed by atoms with Crippen molar-refractivity contribution in [1.29, 1.82) is 0 Å². The number of carbonyl (C=O) groups excluding carboxylic acids is 2. The highest BCUT2D eigenvalue weighted by atomic mass is 16.5. The molecule has 0 saturated carbocycles. The highest BCUT2D eigenvalue weighted by molar-refractivity contribution is 5.91. The monoisotopic (exact) mass is 366 g/mol. The summed E-state index contributed by atoms with van der Waals surface area (Å²) in [5.74, 6) is -0.142. The second-order valence-corrected chi connectivity index (χ2v) is 6.35. The molecule has 0 unspecified atom stereocenters. The van der Waals surface area contributed by atoms with Gasteiger partial charge in [-0.15, -0.1) is 0 Å². The van der Waals surface area contributed by atoms with Gasteiger partial charge in [0.15, 0.2) is 0 Å². The van der Waals surface area contributed by atoms with Crippen molar-refractivity contribution in [2.75, 3.05) is 0 Å². The zero-order valence-corrected chi connectivity index (χ0v) is 15.8. The minimum atomic E-state index is -0.546. The van der Waals surface area contributed by atoms with Crippen LogP contribution in [0.3, 0.4) is 0 Å². The number of unbranched alkanes of at least 4 members (excludes halogenated alkanes) is 4. The number of aryl methyl sites for hydroxylation is 1.